The molecule has 2 aromatic rings. The Morgan fingerprint density at radius 1 is 1.31 bits per heavy atom. The second-order valence-corrected chi connectivity index (χ2v) is 7.81. The summed E-state index contributed by atoms with van der Waals surface area (Å²) in [6.07, 6.45) is 3.85. The molecule has 3 heterocycles. The van der Waals surface area contributed by atoms with Gasteiger partial charge in [0, 0.05) is 19.5 Å². The predicted molar refractivity (Wildman–Crippen MR) is 106 cm³/mol. The molecule has 0 aliphatic carbocycles. The highest BCUT2D eigenvalue weighted by molar-refractivity contribution is 7.20. The van der Waals surface area contributed by atoms with E-state index >= 15 is 0 Å². The Morgan fingerprint density at radius 2 is 2.08 bits per heavy atom. The largest absolute Gasteiger partial charge is 0.351 e. The smallest absolute Gasteiger partial charge is 0.262 e. The summed E-state index contributed by atoms with van der Waals surface area (Å²) >= 11 is 1.35. The number of fused-ring (bicyclic) bond motifs is 2. The first-order valence-electron chi connectivity index (χ1n) is 9.60. The Morgan fingerprint density at radius 3 is 2.81 bits per heavy atom. The molecular weight excluding hydrogens is 348 g/mol. The summed E-state index contributed by atoms with van der Waals surface area (Å²) in [6.45, 7) is 10.6. The number of hydrogen-bond acceptors (Lipinski definition) is 5. The minimum atomic E-state index is -0.0904. The van der Waals surface area contributed by atoms with Crippen molar-refractivity contribution in [3.05, 3.63) is 26.6 Å². The van der Waals surface area contributed by atoms with E-state index in [0.717, 1.165) is 63.3 Å². The van der Waals surface area contributed by atoms with E-state index in [1.807, 2.05) is 6.92 Å². The minimum Gasteiger partial charge on any atom is -0.351 e. The molecule has 0 spiro atoms. The van der Waals surface area contributed by atoms with Crippen LogP contribution < -0.4 is 10.9 Å². The lowest BCUT2D eigenvalue weighted by Gasteiger charge is -2.17. The van der Waals surface area contributed by atoms with E-state index < -0.39 is 0 Å². The molecule has 7 heteroatoms. The molecule has 1 amide bonds. The van der Waals surface area contributed by atoms with E-state index in [2.05, 4.69) is 29.0 Å². The van der Waals surface area contributed by atoms with E-state index in [1.165, 1.54) is 11.3 Å². The summed E-state index contributed by atoms with van der Waals surface area (Å²) in [5, 5.41) is 3.62. The molecule has 0 unspecified atom stereocenters. The summed E-state index contributed by atoms with van der Waals surface area (Å²) in [5.41, 5.74) is 0.781. The molecule has 1 aliphatic rings. The average molecular weight is 377 g/mol. The number of hydrogen-bond donors (Lipinski definition) is 1. The van der Waals surface area contributed by atoms with E-state index in [4.69, 9.17) is 0 Å². The zero-order chi connectivity index (χ0) is 18.7. The van der Waals surface area contributed by atoms with Crippen LogP contribution in [0, 0.1) is 6.92 Å². The van der Waals surface area contributed by atoms with Gasteiger partial charge in [0.25, 0.3) is 11.5 Å². The van der Waals surface area contributed by atoms with Gasteiger partial charge in [0.05, 0.1) is 10.3 Å². The Hall–Kier alpha value is -1.73. The maximum absolute atomic E-state index is 12.8. The number of carbonyl (C=O) groups excluding carboxylic acids is 1. The van der Waals surface area contributed by atoms with Gasteiger partial charge >= 0.3 is 0 Å². The molecule has 142 valence electrons. The van der Waals surface area contributed by atoms with Gasteiger partial charge in [-0.2, -0.15) is 0 Å². The lowest BCUT2D eigenvalue weighted by molar-refractivity contribution is 0.0955. The first-order valence-corrected chi connectivity index (χ1v) is 10.4. The number of nitrogens with one attached hydrogen (secondary N) is 1. The van der Waals surface area contributed by atoms with Crippen molar-refractivity contribution in [2.75, 3.05) is 26.2 Å². The molecule has 6 nitrogen and oxygen atoms in total. The van der Waals surface area contributed by atoms with Gasteiger partial charge in [-0.15, -0.1) is 11.3 Å². The van der Waals surface area contributed by atoms with Gasteiger partial charge in [0.1, 0.15) is 10.7 Å². The Kier molecular flexibility index (Phi) is 6.09. The molecule has 1 N–H and O–H groups in total. The van der Waals surface area contributed by atoms with Crippen LogP contribution in [-0.4, -0.2) is 46.5 Å². The molecule has 0 bridgehead atoms. The molecular formula is C19H28N4O2S. The van der Waals surface area contributed by atoms with Crippen LogP contribution in [0.4, 0.5) is 0 Å². The van der Waals surface area contributed by atoms with Gasteiger partial charge in [-0.3, -0.25) is 14.2 Å². The van der Waals surface area contributed by atoms with Crippen molar-refractivity contribution in [1.29, 1.82) is 0 Å². The molecule has 0 aromatic carbocycles. The number of rotatable bonds is 7. The van der Waals surface area contributed by atoms with Gasteiger partial charge in [0.15, 0.2) is 0 Å². The highest BCUT2D eigenvalue weighted by Crippen LogP contribution is 2.28. The molecule has 1 aliphatic heterocycles. The lowest BCUT2D eigenvalue weighted by Crippen LogP contribution is -2.30. The quantitative estimate of drug-likeness (QED) is 0.754. The van der Waals surface area contributed by atoms with Crippen LogP contribution >= 0.6 is 11.3 Å². The van der Waals surface area contributed by atoms with Crippen molar-refractivity contribution in [2.45, 2.75) is 53.0 Å². The monoisotopic (exact) mass is 376 g/mol. The minimum absolute atomic E-state index is 0.0130. The standard InChI is InChI=1S/C19H28N4O2S/c1-4-22(5-2)11-8-10-20-17(24)16-13(3)15-18(26-16)21-14-9-6-7-12-23(14)19(15)25/h4-12H2,1-3H3,(H,20,24). The molecule has 0 saturated carbocycles. The van der Waals surface area contributed by atoms with Crippen molar-refractivity contribution >= 4 is 27.5 Å². The fourth-order valence-corrected chi connectivity index (χ4v) is 4.68. The maximum atomic E-state index is 12.8. The number of nitrogens with zero attached hydrogens (tertiary/aromatic N) is 3. The first-order chi connectivity index (χ1) is 12.6. The molecule has 0 saturated heterocycles. The normalized spacial score (nSPS) is 14.0. The first kappa shape index (κ1) is 19.0. The summed E-state index contributed by atoms with van der Waals surface area (Å²) in [4.78, 5) is 33.8. The Labute approximate surface area is 158 Å². The van der Waals surface area contributed by atoms with Gasteiger partial charge in [0.2, 0.25) is 0 Å². The summed E-state index contributed by atoms with van der Waals surface area (Å²) in [7, 11) is 0. The van der Waals surface area contributed by atoms with E-state index in [-0.39, 0.29) is 11.5 Å². The highest BCUT2D eigenvalue weighted by Gasteiger charge is 2.22. The van der Waals surface area contributed by atoms with Crippen LogP contribution in [0.5, 0.6) is 0 Å². The van der Waals surface area contributed by atoms with Crippen molar-refractivity contribution in [3.63, 3.8) is 0 Å². The molecule has 3 rings (SSSR count). The number of thiophene rings is 1. The van der Waals surface area contributed by atoms with Crippen LogP contribution in [0.2, 0.25) is 0 Å². The molecule has 0 atom stereocenters. The number of aryl methyl sites for hydroxylation is 2. The number of aromatic nitrogens is 2. The molecule has 2 aromatic heterocycles. The van der Waals surface area contributed by atoms with Crippen LogP contribution in [-0.2, 0) is 13.0 Å². The molecule has 0 fully saturated rings. The third kappa shape index (κ3) is 3.69. The maximum Gasteiger partial charge on any atom is 0.262 e. The fourth-order valence-electron chi connectivity index (χ4n) is 3.57. The fraction of sp³-hybridized carbons (Fsp3) is 0.632. The summed E-state index contributed by atoms with van der Waals surface area (Å²) in [5.74, 6) is 0.772. The topological polar surface area (TPSA) is 67.2 Å². The Balaban J connectivity index is 1.76. The summed E-state index contributed by atoms with van der Waals surface area (Å²) < 4.78 is 1.79. The highest BCUT2D eigenvalue weighted by atomic mass is 32.1. The van der Waals surface area contributed by atoms with Gasteiger partial charge in [-0.25, -0.2) is 4.98 Å². The number of carbonyl (C=O) groups is 1. The van der Waals surface area contributed by atoms with Gasteiger partial charge in [-0.1, -0.05) is 13.8 Å². The second kappa shape index (κ2) is 8.31. The summed E-state index contributed by atoms with van der Waals surface area (Å²) in [6, 6.07) is 0. The Bertz CT molecular complexity index is 851. The van der Waals surface area contributed by atoms with Gasteiger partial charge in [-0.05, 0) is 51.4 Å². The lowest BCUT2D eigenvalue weighted by atomic mass is 10.1. The van der Waals surface area contributed by atoms with Crippen molar-refractivity contribution in [3.8, 4) is 0 Å². The SMILES string of the molecule is CCN(CC)CCCNC(=O)c1sc2nc3n(c(=O)c2c1C)CCCC3. The van der Waals surface area contributed by atoms with Crippen molar-refractivity contribution < 1.29 is 4.79 Å². The molecule has 26 heavy (non-hydrogen) atoms. The van der Waals surface area contributed by atoms with E-state index in [9.17, 15) is 9.59 Å². The van der Waals surface area contributed by atoms with Crippen molar-refractivity contribution in [1.82, 2.24) is 19.8 Å². The third-order valence-corrected chi connectivity index (χ3v) is 6.38. The third-order valence-electron chi connectivity index (χ3n) is 5.20. The zero-order valence-corrected chi connectivity index (χ0v) is 16.7. The van der Waals surface area contributed by atoms with Crippen molar-refractivity contribution in [2.24, 2.45) is 0 Å². The van der Waals surface area contributed by atoms with Crippen LogP contribution in [0.1, 0.15) is 54.2 Å². The van der Waals surface area contributed by atoms with Gasteiger partial charge < -0.3 is 10.2 Å². The van der Waals surface area contributed by atoms with Crippen LogP contribution in [0.25, 0.3) is 10.2 Å². The van der Waals surface area contributed by atoms with Crippen LogP contribution in [0.3, 0.4) is 0 Å². The zero-order valence-electron chi connectivity index (χ0n) is 15.9. The average Bonchev–Trinajstić information content (AvgIpc) is 2.98. The number of amides is 1. The molecule has 0 radical (unpaired) electrons. The van der Waals surface area contributed by atoms with E-state index in [1.54, 1.807) is 4.57 Å². The predicted octanol–water partition coefficient (Wildman–Crippen LogP) is 2.56. The van der Waals surface area contributed by atoms with E-state index in [0.29, 0.717) is 21.6 Å². The van der Waals surface area contributed by atoms with Crippen LogP contribution in [0.15, 0.2) is 4.79 Å². The second-order valence-electron chi connectivity index (χ2n) is 6.81.